The molecule has 3 rings (SSSR count). The molecule has 0 aliphatic carbocycles. The van der Waals surface area contributed by atoms with Crippen LogP contribution in [0, 0.1) is 29.6 Å². The molecule has 8 amide bonds. The van der Waals surface area contributed by atoms with Gasteiger partial charge in [-0.25, -0.2) is 0 Å². The van der Waals surface area contributed by atoms with Crippen molar-refractivity contribution in [2.24, 2.45) is 29.6 Å². The lowest BCUT2D eigenvalue weighted by atomic mass is 9.89. The maximum Gasteiger partial charge on any atom is 0.246 e. The number of ketones is 2. The molecule has 21 heteroatoms. The zero-order valence-corrected chi connectivity index (χ0v) is 51.9. The molecule has 82 heavy (non-hydrogen) atoms. The number of likely N-dealkylation sites (N-methyl/N-ethyl adjacent to an activating group) is 2. The van der Waals surface area contributed by atoms with E-state index < -0.39 is 66.1 Å². The van der Waals surface area contributed by atoms with Gasteiger partial charge in [-0.2, -0.15) is 0 Å². The van der Waals surface area contributed by atoms with Crippen molar-refractivity contribution in [3.63, 3.8) is 0 Å². The predicted octanol–water partition coefficient (Wildman–Crippen LogP) is 5.70. The molecule has 1 aromatic rings. The van der Waals surface area contributed by atoms with E-state index in [1.165, 1.54) is 18.9 Å². The van der Waals surface area contributed by atoms with Crippen molar-refractivity contribution in [2.45, 2.75) is 208 Å². The van der Waals surface area contributed by atoms with Crippen molar-refractivity contribution < 1.29 is 62.2 Å². The standard InChI is InChI=1S/C61H100N8O13/c1-16-18-23-46(63-59(77)53(37(3)4)64-49(72)25-20-19-21-32-69-50(73)30-31-51(69)74)58(76)62-43-26-28-45(29-27-43)82-36-44(71)35-66(12)55(39(7)8)60(78)65-54(38(5)6)61(79)67(13)56(40(9)17-2)48(80-14)34-52(75)68-33-22-24-47(68)57(81-15)41(10)42(11)70/h26-29,37-41,46-48,53-57H,16-25,30-36H2,1-15H3,(H,62,76)(H,63,77)(H,64,72)(H,65,78)/t40-,41-,46-,47-,48+,53-,54-,55?,56-,57+/m0/s1. The number of nitrogens with one attached hydrogen (secondary N) is 4. The van der Waals surface area contributed by atoms with E-state index in [4.69, 9.17) is 14.2 Å². The van der Waals surface area contributed by atoms with Crippen molar-refractivity contribution in [3.8, 4) is 5.75 Å². The van der Waals surface area contributed by atoms with Crippen molar-refractivity contribution in [1.82, 2.24) is 35.6 Å². The summed E-state index contributed by atoms with van der Waals surface area (Å²) in [5.41, 5.74) is 0.426. The van der Waals surface area contributed by atoms with Crippen LogP contribution in [-0.4, -0.2) is 181 Å². The summed E-state index contributed by atoms with van der Waals surface area (Å²) in [5.74, 6) is -3.81. The number of anilines is 1. The minimum Gasteiger partial charge on any atom is -0.486 e. The predicted molar refractivity (Wildman–Crippen MR) is 313 cm³/mol. The number of nitrogens with zero attached hydrogens (tertiary/aromatic N) is 4. The molecular formula is C61H100N8O13. The maximum absolute atomic E-state index is 14.6. The average Bonchev–Trinajstić information content (AvgIpc) is 4.10. The largest absolute Gasteiger partial charge is 0.486 e. The molecular weight excluding hydrogens is 1050 g/mol. The monoisotopic (exact) mass is 1150 g/mol. The van der Waals surface area contributed by atoms with E-state index in [9.17, 15) is 47.9 Å². The van der Waals surface area contributed by atoms with Gasteiger partial charge < -0.3 is 45.3 Å². The van der Waals surface area contributed by atoms with Crippen LogP contribution in [-0.2, 0) is 57.4 Å². The molecule has 2 aliphatic rings. The van der Waals surface area contributed by atoms with Gasteiger partial charge in [-0.15, -0.1) is 0 Å². The van der Waals surface area contributed by atoms with Crippen molar-refractivity contribution in [2.75, 3.05) is 59.9 Å². The first-order valence-corrected chi connectivity index (χ1v) is 29.8. The van der Waals surface area contributed by atoms with Crippen LogP contribution in [0.15, 0.2) is 24.3 Å². The van der Waals surface area contributed by atoms with E-state index in [0.717, 1.165) is 12.8 Å². The number of rotatable bonds is 37. The minimum absolute atomic E-state index is 0.000531. The van der Waals surface area contributed by atoms with Gasteiger partial charge in [-0.1, -0.05) is 94.9 Å². The van der Waals surface area contributed by atoms with Gasteiger partial charge in [0.2, 0.25) is 47.3 Å². The Hall–Kier alpha value is -5.80. The number of Topliss-reactive ketones (excluding diaryl/α,β-unsaturated/α-hetero) is 2. The molecule has 2 fully saturated rings. The number of carbonyl (C=O) groups is 10. The highest BCUT2D eigenvalue weighted by Gasteiger charge is 2.43. The van der Waals surface area contributed by atoms with Gasteiger partial charge in [0.25, 0.3) is 0 Å². The Morgan fingerprint density at radius 3 is 1.93 bits per heavy atom. The highest BCUT2D eigenvalue weighted by Crippen LogP contribution is 2.30. The molecule has 1 unspecified atom stereocenters. The second-order valence-electron chi connectivity index (χ2n) is 23.6. The number of carbonyl (C=O) groups excluding carboxylic acids is 10. The van der Waals surface area contributed by atoms with Crippen LogP contribution < -0.4 is 26.0 Å². The summed E-state index contributed by atoms with van der Waals surface area (Å²) in [6, 6.07) is 2.11. The second kappa shape index (κ2) is 34.7. The topological polar surface area (TPSA) is 259 Å². The molecule has 0 saturated carbocycles. The average molecular weight is 1150 g/mol. The van der Waals surface area contributed by atoms with E-state index >= 15 is 0 Å². The van der Waals surface area contributed by atoms with Crippen molar-refractivity contribution in [1.29, 1.82) is 0 Å². The first-order chi connectivity index (χ1) is 38.7. The minimum atomic E-state index is -0.946. The quantitative estimate of drug-likeness (QED) is 0.0460. The smallest absolute Gasteiger partial charge is 0.246 e. The third-order valence-corrected chi connectivity index (χ3v) is 16.2. The summed E-state index contributed by atoms with van der Waals surface area (Å²) in [6.07, 6.45) is 5.20. The Labute approximate surface area is 488 Å². The molecule has 2 heterocycles. The third kappa shape index (κ3) is 20.8. The lowest BCUT2D eigenvalue weighted by Gasteiger charge is -2.41. The van der Waals surface area contributed by atoms with E-state index in [0.29, 0.717) is 69.5 Å². The highest BCUT2D eigenvalue weighted by molar-refractivity contribution is 6.02. The lowest BCUT2D eigenvalue weighted by molar-refractivity contribution is -0.148. The van der Waals surface area contributed by atoms with Gasteiger partial charge in [0, 0.05) is 65.2 Å². The number of ether oxygens (including phenoxy) is 3. The van der Waals surface area contributed by atoms with E-state index in [-0.39, 0.29) is 110 Å². The lowest BCUT2D eigenvalue weighted by Crippen LogP contribution is -2.60. The Balaban J connectivity index is 1.60. The van der Waals surface area contributed by atoms with Gasteiger partial charge in [-0.3, -0.25) is 57.7 Å². The zero-order valence-electron chi connectivity index (χ0n) is 51.9. The molecule has 21 nitrogen and oxygen atoms in total. The van der Waals surface area contributed by atoms with Gasteiger partial charge >= 0.3 is 0 Å². The Bertz CT molecular complexity index is 2280. The molecule has 0 radical (unpaired) electrons. The molecule has 0 spiro atoms. The summed E-state index contributed by atoms with van der Waals surface area (Å²) in [4.78, 5) is 139. The molecule has 2 aliphatic heterocycles. The highest BCUT2D eigenvalue weighted by atomic mass is 16.5. The normalized spacial score (nSPS) is 17.9. The summed E-state index contributed by atoms with van der Waals surface area (Å²) >= 11 is 0. The molecule has 462 valence electrons. The molecule has 1 aromatic carbocycles. The number of benzene rings is 1. The van der Waals surface area contributed by atoms with Crippen LogP contribution in [0.5, 0.6) is 5.75 Å². The SMILES string of the molecule is CCCC[C@H](NC(=O)[C@@H](NC(=O)CCCCCN1C(=O)CCC1=O)C(C)C)C(=O)Nc1ccc(OCC(=O)CN(C)C(C(=O)N[C@H](C(=O)N(C)[C@@H]([C@@H](C)CC)[C@@H](CC(=O)N2CCC[C@H]2[C@H](OC)[C@@H](C)C(C)=O)OC)C(C)C)C(C)C)cc1. The molecule has 4 N–H and O–H groups in total. The fourth-order valence-electron chi connectivity index (χ4n) is 11.1. The summed E-state index contributed by atoms with van der Waals surface area (Å²) in [5, 5.41) is 11.5. The molecule has 2 saturated heterocycles. The van der Waals surface area contributed by atoms with E-state index in [2.05, 4.69) is 21.3 Å². The maximum atomic E-state index is 14.6. The van der Waals surface area contributed by atoms with Crippen LogP contribution in [0.25, 0.3) is 0 Å². The van der Waals surface area contributed by atoms with Gasteiger partial charge in [-0.05, 0) is 94.0 Å². The molecule has 0 aromatic heterocycles. The van der Waals surface area contributed by atoms with Crippen LogP contribution >= 0.6 is 0 Å². The number of amides is 8. The second-order valence-corrected chi connectivity index (χ2v) is 23.6. The van der Waals surface area contributed by atoms with Crippen LogP contribution in [0.4, 0.5) is 5.69 Å². The number of imide groups is 1. The Kier molecular flexibility index (Phi) is 29.8. The van der Waals surface area contributed by atoms with E-state index in [1.807, 2.05) is 55.4 Å². The van der Waals surface area contributed by atoms with Crippen LogP contribution in [0.3, 0.4) is 0 Å². The van der Waals surface area contributed by atoms with Crippen molar-refractivity contribution in [3.05, 3.63) is 24.3 Å². The van der Waals surface area contributed by atoms with Crippen LogP contribution in [0.2, 0.25) is 0 Å². The first-order valence-electron chi connectivity index (χ1n) is 29.8. The Morgan fingerprint density at radius 1 is 0.744 bits per heavy atom. The van der Waals surface area contributed by atoms with Crippen molar-refractivity contribution >= 4 is 64.5 Å². The third-order valence-electron chi connectivity index (χ3n) is 16.2. The van der Waals surface area contributed by atoms with Gasteiger partial charge in [0.1, 0.15) is 36.3 Å². The number of hydrogen-bond donors (Lipinski definition) is 4. The van der Waals surface area contributed by atoms with Gasteiger partial charge in [0.15, 0.2) is 5.78 Å². The fraction of sp³-hybridized carbons (Fsp3) is 0.738. The number of likely N-dealkylation sites (tertiary alicyclic amines) is 2. The number of methoxy groups -OCH3 is 2. The first kappa shape index (κ1) is 70.5. The number of hydrogen-bond acceptors (Lipinski definition) is 14. The summed E-state index contributed by atoms with van der Waals surface area (Å²) in [6.45, 7) is 20.8. The van der Waals surface area contributed by atoms with Crippen LogP contribution in [0.1, 0.15) is 160 Å². The molecule has 0 bridgehead atoms. The summed E-state index contributed by atoms with van der Waals surface area (Å²) in [7, 11) is 6.45. The number of unbranched alkanes of at least 4 members (excludes halogenated alkanes) is 3. The summed E-state index contributed by atoms with van der Waals surface area (Å²) < 4.78 is 17.7. The molecule has 10 atom stereocenters. The zero-order chi connectivity index (χ0) is 61.5. The van der Waals surface area contributed by atoms with E-state index in [1.54, 1.807) is 74.0 Å². The van der Waals surface area contributed by atoms with Gasteiger partial charge in [0.05, 0.1) is 43.3 Å². The Morgan fingerprint density at radius 2 is 1.38 bits per heavy atom. The fourth-order valence-corrected chi connectivity index (χ4v) is 11.1.